The van der Waals surface area contributed by atoms with Crippen LogP contribution in [0.4, 0.5) is 4.79 Å². The van der Waals surface area contributed by atoms with Crippen molar-refractivity contribution in [3.8, 4) is 0 Å². The van der Waals surface area contributed by atoms with E-state index in [0.717, 1.165) is 17.7 Å². The standard InChI is InChI=1S/C15H15N3O2S2/c19-14(13-6-3-8-21-13)17-18-15(20)16-11-7-9-22-12-5-2-1-4-10(11)12/h1-6,8,11H,7,9H2,(H,17,19)(H2,16,18,20). The Morgan fingerprint density at radius 3 is 2.77 bits per heavy atom. The van der Waals surface area contributed by atoms with Gasteiger partial charge in [0.05, 0.1) is 10.9 Å². The van der Waals surface area contributed by atoms with E-state index < -0.39 is 6.03 Å². The molecule has 3 rings (SSSR count). The topological polar surface area (TPSA) is 70.2 Å². The molecule has 1 aromatic heterocycles. The quantitative estimate of drug-likeness (QED) is 0.740. The first-order chi connectivity index (χ1) is 10.7. The minimum atomic E-state index is -0.406. The molecule has 2 heterocycles. The molecular formula is C15H15N3O2S2. The number of rotatable bonds is 2. The van der Waals surface area contributed by atoms with Gasteiger partial charge in [-0.15, -0.1) is 23.1 Å². The molecule has 1 aliphatic heterocycles. The molecule has 5 nitrogen and oxygen atoms in total. The monoisotopic (exact) mass is 333 g/mol. The number of thioether (sulfide) groups is 1. The molecule has 1 aromatic carbocycles. The van der Waals surface area contributed by atoms with Gasteiger partial charge >= 0.3 is 6.03 Å². The van der Waals surface area contributed by atoms with Gasteiger partial charge in [0.2, 0.25) is 0 Å². The predicted octanol–water partition coefficient (Wildman–Crippen LogP) is 2.93. The lowest BCUT2D eigenvalue weighted by Crippen LogP contribution is -2.48. The maximum absolute atomic E-state index is 12.0. The lowest BCUT2D eigenvalue weighted by molar-refractivity contribution is 0.0940. The van der Waals surface area contributed by atoms with Crippen molar-refractivity contribution >= 4 is 35.0 Å². The lowest BCUT2D eigenvalue weighted by Gasteiger charge is -2.25. The van der Waals surface area contributed by atoms with Crippen LogP contribution in [-0.4, -0.2) is 17.7 Å². The maximum Gasteiger partial charge on any atom is 0.333 e. The van der Waals surface area contributed by atoms with Crippen molar-refractivity contribution in [2.24, 2.45) is 0 Å². The van der Waals surface area contributed by atoms with Crippen molar-refractivity contribution in [2.75, 3.05) is 5.75 Å². The van der Waals surface area contributed by atoms with E-state index in [4.69, 9.17) is 0 Å². The molecule has 0 spiro atoms. The average molecular weight is 333 g/mol. The van der Waals surface area contributed by atoms with Crippen LogP contribution in [0.1, 0.15) is 27.7 Å². The highest BCUT2D eigenvalue weighted by molar-refractivity contribution is 7.99. The van der Waals surface area contributed by atoms with Crippen LogP contribution in [0.3, 0.4) is 0 Å². The third-order valence-corrected chi connectivity index (χ3v) is 5.29. The fraction of sp³-hybridized carbons (Fsp3) is 0.200. The van der Waals surface area contributed by atoms with E-state index in [-0.39, 0.29) is 11.9 Å². The average Bonchev–Trinajstić information content (AvgIpc) is 3.07. The molecule has 0 bridgehead atoms. The molecule has 3 N–H and O–H groups in total. The first-order valence-electron chi connectivity index (χ1n) is 6.86. The maximum atomic E-state index is 12.0. The Labute approximate surface area is 136 Å². The summed E-state index contributed by atoms with van der Waals surface area (Å²) in [7, 11) is 0. The number of thiophene rings is 1. The van der Waals surface area contributed by atoms with Crippen molar-refractivity contribution in [1.82, 2.24) is 16.2 Å². The second-order valence-electron chi connectivity index (χ2n) is 4.76. The number of hydrazine groups is 1. The Kier molecular flexibility index (Phi) is 4.65. The SMILES string of the molecule is O=C(NNC(=O)c1cccs1)NC1CCSc2ccccc21. The number of hydrogen-bond acceptors (Lipinski definition) is 4. The van der Waals surface area contributed by atoms with Crippen molar-refractivity contribution in [3.05, 3.63) is 52.2 Å². The van der Waals surface area contributed by atoms with Gasteiger partial charge < -0.3 is 5.32 Å². The first-order valence-corrected chi connectivity index (χ1v) is 8.72. The van der Waals surface area contributed by atoms with E-state index in [2.05, 4.69) is 22.2 Å². The summed E-state index contributed by atoms with van der Waals surface area (Å²) in [5, 5.41) is 4.71. The fourth-order valence-electron chi connectivity index (χ4n) is 2.27. The van der Waals surface area contributed by atoms with Gasteiger partial charge in [-0.2, -0.15) is 0 Å². The van der Waals surface area contributed by atoms with Crippen molar-refractivity contribution in [3.63, 3.8) is 0 Å². The fourth-order valence-corrected chi connectivity index (χ4v) is 4.01. The Bertz CT molecular complexity index is 673. The van der Waals surface area contributed by atoms with Crippen molar-refractivity contribution < 1.29 is 9.59 Å². The van der Waals surface area contributed by atoms with E-state index in [1.54, 1.807) is 23.9 Å². The molecule has 3 amide bonds. The van der Waals surface area contributed by atoms with Gasteiger partial charge in [0.15, 0.2) is 0 Å². The van der Waals surface area contributed by atoms with Crippen LogP contribution in [-0.2, 0) is 0 Å². The summed E-state index contributed by atoms with van der Waals surface area (Å²) < 4.78 is 0. The van der Waals surface area contributed by atoms with Crippen molar-refractivity contribution in [1.29, 1.82) is 0 Å². The Hall–Kier alpha value is -1.99. The minimum absolute atomic E-state index is 0.0314. The third kappa shape index (κ3) is 3.42. The van der Waals surface area contributed by atoms with Gasteiger partial charge in [-0.25, -0.2) is 10.2 Å². The Balaban J connectivity index is 1.55. The summed E-state index contributed by atoms with van der Waals surface area (Å²) in [6.07, 6.45) is 0.869. The lowest BCUT2D eigenvalue weighted by atomic mass is 10.0. The van der Waals surface area contributed by atoms with Crippen LogP contribution >= 0.6 is 23.1 Å². The second-order valence-corrected chi connectivity index (χ2v) is 6.84. The second kappa shape index (κ2) is 6.85. The van der Waals surface area contributed by atoms with Crippen LogP contribution in [0.25, 0.3) is 0 Å². The summed E-state index contributed by atoms with van der Waals surface area (Å²) in [6, 6.07) is 11.1. The van der Waals surface area contributed by atoms with E-state index in [0.29, 0.717) is 4.88 Å². The number of carbonyl (C=O) groups is 2. The van der Waals surface area contributed by atoms with Crippen LogP contribution < -0.4 is 16.2 Å². The Morgan fingerprint density at radius 1 is 1.09 bits per heavy atom. The zero-order valence-corrected chi connectivity index (χ0v) is 13.3. The highest BCUT2D eigenvalue weighted by atomic mass is 32.2. The molecule has 0 radical (unpaired) electrons. The van der Waals surface area contributed by atoms with Crippen LogP contribution in [0, 0.1) is 0 Å². The molecule has 1 unspecified atom stereocenters. The van der Waals surface area contributed by atoms with Crippen LogP contribution in [0.5, 0.6) is 0 Å². The number of carbonyl (C=O) groups excluding carboxylic acids is 2. The molecule has 1 atom stereocenters. The first kappa shape index (κ1) is 14.9. The molecule has 7 heteroatoms. The van der Waals surface area contributed by atoms with Gasteiger partial charge in [-0.3, -0.25) is 10.2 Å². The van der Waals surface area contributed by atoms with Crippen molar-refractivity contribution in [2.45, 2.75) is 17.4 Å². The highest BCUT2D eigenvalue weighted by Crippen LogP contribution is 2.35. The summed E-state index contributed by atoms with van der Waals surface area (Å²) >= 11 is 3.12. The Morgan fingerprint density at radius 2 is 1.95 bits per heavy atom. The third-order valence-electron chi connectivity index (χ3n) is 3.30. The summed E-state index contributed by atoms with van der Waals surface area (Å²) in [4.78, 5) is 25.5. The zero-order chi connectivity index (χ0) is 15.4. The minimum Gasteiger partial charge on any atom is -0.330 e. The van der Waals surface area contributed by atoms with Crippen LogP contribution in [0.2, 0.25) is 0 Å². The van der Waals surface area contributed by atoms with Gasteiger partial charge in [0.1, 0.15) is 0 Å². The van der Waals surface area contributed by atoms with E-state index in [1.165, 1.54) is 16.2 Å². The molecule has 0 fully saturated rings. The van der Waals surface area contributed by atoms with Crippen LogP contribution in [0.15, 0.2) is 46.7 Å². The number of fused-ring (bicyclic) bond motifs is 1. The molecule has 0 aliphatic carbocycles. The molecule has 114 valence electrons. The molecule has 2 aromatic rings. The largest absolute Gasteiger partial charge is 0.333 e. The normalized spacial score (nSPS) is 16.5. The molecular weight excluding hydrogens is 318 g/mol. The summed E-state index contributed by atoms with van der Waals surface area (Å²) in [5.74, 6) is 0.647. The number of nitrogens with one attached hydrogen (secondary N) is 3. The summed E-state index contributed by atoms with van der Waals surface area (Å²) in [5.41, 5.74) is 5.93. The number of benzene rings is 1. The highest BCUT2D eigenvalue weighted by Gasteiger charge is 2.22. The van der Waals surface area contributed by atoms with Gasteiger partial charge in [-0.1, -0.05) is 24.3 Å². The molecule has 0 saturated carbocycles. The van der Waals surface area contributed by atoms with Gasteiger partial charge in [-0.05, 0) is 29.5 Å². The molecule has 22 heavy (non-hydrogen) atoms. The predicted molar refractivity (Wildman–Crippen MR) is 88.0 cm³/mol. The number of hydrogen-bond donors (Lipinski definition) is 3. The summed E-state index contributed by atoms with van der Waals surface area (Å²) in [6.45, 7) is 0. The van der Waals surface area contributed by atoms with Gasteiger partial charge in [0.25, 0.3) is 5.91 Å². The van der Waals surface area contributed by atoms with E-state index >= 15 is 0 Å². The number of urea groups is 1. The van der Waals surface area contributed by atoms with E-state index in [1.807, 2.05) is 23.6 Å². The van der Waals surface area contributed by atoms with E-state index in [9.17, 15) is 9.59 Å². The number of amides is 3. The molecule has 0 saturated heterocycles. The van der Waals surface area contributed by atoms with Gasteiger partial charge in [0, 0.05) is 10.6 Å². The smallest absolute Gasteiger partial charge is 0.330 e. The zero-order valence-electron chi connectivity index (χ0n) is 11.7. The molecule has 1 aliphatic rings.